The third kappa shape index (κ3) is 3.19. The number of alkyl halides is 2. The van der Waals surface area contributed by atoms with Crippen LogP contribution in [0.2, 0.25) is 0 Å². The Labute approximate surface area is 169 Å². The van der Waals surface area contributed by atoms with Gasteiger partial charge in [-0.3, -0.25) is 0 Å². The summed E-state index contributed by atoms with van der Waals surface area (Å²) >= 11 is 1.75. The van der Waals surface area contributed by atoms with Crippen LogP contribution >= 0.6 is 11.3 Å². The van der Waals surface area contributed by atoms with E-state index in [0.29, 0.717) is 11.4 Å². The summed E-state index contributed by atoms with van der Waals surface area (Å²) in [4.78, 5) is 11.7. The monoisotopic (exact) mass is 416 g/mol. The summed E-state index contributed by atoms with van der Waals surface area (Å²) in [5.41, 5.74) is 2.77. The molecule has 0 radical (unpaired) electrons. The summed E-state index contributed by atoms with van der Waals surface area (Å²) < 4.78 is 36.5. The molecule has 6 nitrogen and oxygen atoms in total. The van der Waals surface area contributed by atoms with Crippen LogP contribution in [0.25, 0.3) is 27.3 Å². The maximum absolute atomic E-state index is 12.6. The van der Waals surface area contributed by atoms with Gasteiger partial charge in [-0.05, 0) is 49.4 Å². The summed E-state index contributed by atoms with van der Waals surface area (Å²) in [7, 11) is 1.41. The molecule has 0 saturated heterocycles. The number of halogens is 2. The van der Waals surface area contributed by atoms with E-state index >= 15 is 0 Å². The minimum atomic E-state index is -2.92. The van der Waals surface area contributed by atoms with Crippen molar-refractivity contribution < 1.29 is 18.3 Å². The van der Waals surface area contributed by atoms with Crippen LogP contribution < -0.4 is 9.47 Å². The Balaban J connectivity index is 1.63. The Morgan fingerprint density at radius 3 is 2.83 bits per heavy atom. The molecule has 0 bridgehead atoms. The van der Waals surface area contributed by atoms with Crippen molar-refractivity contribution in [1.82, 2.24) is 19.6 Å². The minimum Gasteiger partial charge on any atom is -0.493 e. The average molecular weight is 416 g/mol. The van der Waals surface area contributed by atoms with Gasteiger partial charge in [-0.25, -0.2) is 14.5 Å². The second-order valence-corrected chi connectivity index (χ2v) is 8.02. The highest BCUT2D eigenvalue weighted by atomic mass is 32.1. The third-order valence-corrected chi connectivity index (χ3v) is 6.38. The quantitative estimate of drug-likeness (QED) is 0.444. The first kappa shape index (κ1) is 18.2. The van der Waals surface area contributed by atoms with E-state index in [0.717, 1.165) is 28.7 Å². The molecule has 1 aliphatic carbocycles. The molecule has 0 amide bonds. The molecular formula is C20H18F2N4O2S. The molecule has 4 aromatic rings. The lowest BCUT2D eigenvalue weighted by molar-refractivity contribution is -0.0512. The number of hydrogen-bond acceptors (Lipinski definition) is 6. The zero-order chi connectivity index (χ0) is 20.0. The Morgan fingerprint density at radius 2 is 2.00 bits per heavy atom. The number of nitrogens with zero attached hydrogens (tertiary/aromatic N) is 4. The fraction of sp³-hybridized carbons (Fsp3) is 0.350. The van der Waals surface area contributed by atoms with Crippen molar-refractivity contribution in [3.8, 4) is 22.9 Å². The molecule has 0 atom stereocenters. The van der Waals surface area contributed by atoms with Crippen molar-refractivity contribution in [3.63, 3.8) is 0 Å². The number of thiophene rings is 1. The lowest BCUT2D eigenvalue weighted by atomic mass is 10.1. The number of methoxy groups -OCH3 is 1. The van der Waals surface area contributed by atoms with E-state index in [1.807, 2.05) is 0 Å². The summed E-state index contributed by atoms with van der Waals surface area (Å²) in [6.45, 7) is -2.92. The van der Waals surface area contributed by atoms with Crippen LogP contribution in [0.4, 0.5) is 8.78 Å². The molecule has 9 heteroatoms. The Morgan fingerprint density at radius 1 is 1.14 bits per heavy atom. The van der Waals surface area contributed by atoms with E-state index in [-0.39, 0.29) is 11.5 Å². The number of fused-ring (bicyclic) bond motifs is 5. The van der Waals surface area contributed by atoms with E-state index in [2.05, 4.69) is 14.8 Å². The van der Waals surface area contributed by atoms with E-state index in [4.69, 9.17) is 9.72 Å². The van der Waals surface area contributed by atoms with Crippen LogP contribution in [-0.2, 0) is 12.8 Å². The van der Waals surface area contributed by atoms with Gasteiger partial charge < -0.3 is 9.47 Å². The summed E-state index contributed by atoms with van der Waals surface area (Å²) in [6.07, 6.45) is 7.42. The number of rotatable bonds is 4. The summed E-state index contributed by atoms with van der Waals surface area (Å²) in [6, 6.07) is 4.69. The maximum Gasteiger partial charge on any atom is 0.387 e. The van der Waals surface area contributed by atoms with E-state index in [9.17, 15) is 8.78 Å². The van der Waals surface area contributed by atoms with Crippen LogP contribution in [0.3, 0.4) is 0 Å². The largest absolute Gasteiger partial charge is 0.493 e. The number of aryl methyl sites for hydroxylation is 2. The summed E-state index contributed by atoms with van der Waals surface area (Å²) in [5.74, 6) is 0.659. The van der Waals surface area contributed by atoms with Crippen LogP contribution in [0.5, 0.6) is 11.5 Å². The fourth-order valence-corrected chi connectivity index (χ4v) is 5.08. The number of benzene rings is 1. The number of ether oxygens (including phenoxy) is 2. The molecule has 29 heavy (non-hydrogen) atoms. The standard InChI is InChI=1S/C20H18F2N4O2S/c1-27-14-9-11(7-8-13(14)28-20(21)22)17-24-18-16-12-5-3-2-4-6-15(12)29-19(16)23-10-26(18)25-17/h7-10,20H,2-6H2,1H3. The van der Waals surface area contributed by atoms with Crippen molar-refractivity contribution in [2.75, 3.05) is 7.11 Å². The molecule has 0 saturated carbocycles. The zero-order valence-electron chi connectivity index (χ0n) is 15.7. The predicted molar refractivity (Wildman–Crippen MR) is 106 cm³/mol. The van der Waals surface area contributed by atoms with Gasteiger partial charge in [0.15, 0.2) is 23.0 Å². The Kier molecular flexibility index (Phi) is 4.54. The SMILES string of the molecule is COc1cc(-c2nc3c4c5c(sc4ncn3n2)CCCCC5)ccc1OC(F)F. The molecule has 150 valence electrons. The molecule has 0 spiro atoms. The van der Waals surface area contributed by atoms with Gasteiger partial charge >= 0.3 is 6.61 Å². The average Bonchev–Trinajstić information content (AvgIpc) is 3.21. The molecule has 5 rings (SSSR count). The molecule has 3 heterocycles. The highest BCUT2D eigenvalue weighted by molar-refractivity contribution is 7.19. The van der Waals surface area contributed by atoms with Gasteiger partial charge in [0.25, 0.3) is 0 Å². The van der Waals surface area contributed by atoms with Gasteiger partial charge in [0.05, 0.1) is 12.5 Å². The molecule has 0 unspecified atom stereocenters. The Hall–Kier alpha value is -2.81. The zero-order valence-corrected chi connectivity index (χ0v) is 16.5. The van der Waals surface area contributed by atoms with Crippen LogP contribution in [0, 0.1) is 0 Å². The van der Waals surface area contributed by atoms with Crippen LogP contribution in [-0.4, -0.2) is 33.3 Å². The van der Waals surface area contributed by atoms with Gasteiger partial charge in [0.2, 0.25) is 0 Å². The van der Waals surface area contributed by atoms with Crippen molar-refractivity contribution in [3.05, 3.63) is 35.0 Å². The fourth-order valence-electron chi connectivity index (χ4n) is 3.85. The van der Waals surface area contributed by atoms with Gasteiger partial charge in [0, 0.05) is 10.4 Å². The van der Waals surface area contributed by atoms with Crippen LogP contribution in [0.1, 0.15) is 29.7 Å². The van der Waals surface area contributed by atoms with Crippen LogP contribution in [0.15, 0.2) is 24.5 Å². The summed E-state index contributed by atoms with van der Waals surface area (Å²) in [5, 5.41) is 5.64. The van der Waals surface area contributed by atoms with Gasteiger partial charge in [-0.15, -0.1) is 16.4 Å². The van der Waals surface area contributed by atoms with Crippen molar-refractivity contribution in [2.45, 2.75) is 38.7 Å². The molecular weight excluding hydrogens is 398 g/mol. The highest BCUT2D eigenvalue weighted by Crippen LogP contribution is 2.37. The normalized spacial score (nSPS) is 14.3. The van der Waals surface area contributed by atoms with Gasteiger partial charge in [0.1, 0.15) is 11.2 Å². The molecule has 3 aromatic heterocycles. The molecule has 0 aliphatic heterocycles. The van der Waals surface area contributed by atoms with Crippen molar-refractivity contribution >= 4 is 27.2 Å². The van der Waals surface area contributed by atoms with E-state index in [1.165, 1.54) is 42.9 Å². The van der Waals surface area contributed by atoms with Crippen molar-refractivity contribution in [2.24, 2.45) is 0 Å². The van der Waals surface area contributed by atoms with Crippen molar-refractivity contribution in [1.29, 1.82) is 0 Å². The topological polar surface area (TPSA) is 61.5 Å². The van der Waals surface area contributed by atoms with Gasteiger partial charge in [-0.1, -0.05) is 6.42 Å². The predicted octanol–water partition coefficient (Wildman–Crippen LogP) is 4.88. The molecule has 0 fully saturated rings. The molecule has 0 N–H and O–H groups in total. The van der Waals surface area contributed by atoms with E-state index < -0.39 is 6.61 Å². The molecule has 1 aromatic carbocycles. The first-order chi connectivity index (χ1) is 14.1. The lowest BCUT2D eigenvalue weighted by Gasteiger charge is -2.10. The second-order valence-electron chi connectivity index (χ2n) is 6.94. The maximum atomic E-state index is 12.6. The van der Waals surface area contributed by atoms with Gasteiger partial charge in [-0.2, -0.15) is 8.78 Å². The number of hydrogen-bond donors (Lipinski definition) is 0. The molecule has 1 aliphatic rings. The first-order valence-corrected chi connectivity index (χ1v) is 10.2. The second kappa shape index (κ2) is 7.22. The lowest BCUT2D eigenvalue weighted by Crippen LogP contribution is -2.03. The smallest absolute Gasteiger partial charge is 0.387 e. The third-order valence-electron chi connectivity index (χ3n) is 5.18. The first-order valence-electron chi connectivity index (χ1n) is 9.43. The minimum absolute atomic E-state index is 0.0257. The highest BCUT2D eigenvalue weighted by Gasteiger charge is 2.21. The van der Waals surface area contributed by atoms with E-state index in [1.54, 1.807) is 34.3 Å². The number of aromatic nitrogens is 4. The Bertz CT molecular complexity index is 1200.